The Hall–Kier alpha value is -3.41. The molecule has 0 unspecified atom stereocenters. The molecule has 0 aliphatic rings. The molecule has 384 valence electrons. The molecule has 0 fully saturated rings. The van der Waals surface area contributed by atoms with Gasteiger partial charge in [-0.2, -0.15) is 0 Å². The van der Waals surface area contributed by atoms with Gasteiger partial charge >= 0.3 is 17.9 Å². The number of esters is 3. The average Bonchev–Trinajstić information content (AvgIpc) is 3.33. The highest BCUT2D eigenvalue weighted by Crippen LogP contribution is 2.14. The summed E-state index contributed by atoms with van der Waals surface area (Å²) >= 11 is 0. The van der Waals surface area contributed by atoms with E-state index in [0.717, 1.165) is 64.2 Å². The van der Waals surface area contributed by atoms with Crippen molar-refractivity contribution in [2.24, 2.45) is 0 Å². The lowest BCUT2D eigenvalue weighted by molar-refractivity contribution is -0.166. The van der Waals surface area contributed by atoms with Gasteiger partial charge in [-0.15, -0.1) is 0 Å². The van der Waals surface area contributed by atoms with Crippen LogP contribution in [0.3, 0.4) is 0 Å². The molecule has 0 aliphatic carbocycles. The van der Waals surface area contributed by atoms with Gasteiger partial charge < -0.3 is 14.2 Å². The van der Waals surface area contributed by atoms with E-state index >= 15 is 0 Å². The molecule has 0 aromatic rings. The molecule has 0 heterocycles. The molecule has 0 atom stereocenters. The van der Waals surface area contributed by atoms with E-state index in [-0.39, 0.29) is 31.6 Å². The third kappa shape index (κ3) is 53.4. The van der Waals surface area contributed by atoms with Crippen molar-refractivity contribution in [2.45, 2.75) is 271 Å². The Morgan fingerprint density at radius 2 is 0.567 bits per heavy atom. The van der Waals surface area contributed by atoms with Crippen LogP contribution in [0, 0.1) is 0 Å². The van der Waals surface area contributed by atoms with Crippen molar-refractivity contribution in [2.75, 3.05) is 13.2 Å². The first-order chi connectivity index (χ1) is 33.0. The summed E-state index contributed by atoms with van der Waals surface area (Å²) in [5.41, 5.74) is 0. The molecule has 0 saturated heterocycles. The van der Waals surface area contributed by atoms with E-state index in [4.69, 9.17) is 14.2 Å². The smallest absolute Gasteiger partial charge is 0.306 e. The summed E-state index contributed by atoms with van der Waals surface area (Å²) in [4.78, 5) is 38.1. The molecule has 0 aromatic heterocycles. The monoisotopic (exact) mass is 933 g/mol. The average molecular weight is 933 g/mol. The molecule has 0 N–H and O–H groups in total. The van der Waals surface area contributed by atoms with Crippen LogP contribution in [0.5, 0.6) is 0 Å². The maximum atomic E-state index is 12.8. The van der Waals surface area contributed by atoms with Gasteiger partial charge in [0.05, 0.1) is 0 Å². The molecule has 67 heavy (non-hydrogen) atoms. The number of carbonyl (C=O) groups excluding carboxylic acids is 3. The number of ether oxygens (including phenoxy) is 3. The van der Waals surface area contributed by atoms with Gasteiger partial charge in [0.2, 0.25) is 0 Å². The van der Waals surface area contributed by atoms with E-state index < -0.39 is 12.1 Å². The Labute approximate surface area is 414 Å². The second kappa shape index (κ2) is 55.2. The highest BCUT2D eigenvalue weighted by Gasteiger charge is 2.19. The van der Waals surface area contributed by atoms with Crippen molar-refractivity contribution in [3.05, 3.63) is 85.1 Å². The summed E-state index contributed by atoms with van der Waals surface area (Å²) in [6.07, 6.45) is 71.5. The molecule has 0 bridgehead atoms. The van der Waals surface area contributed by atoms with Crippen LogP contribution in [-0.2, 0) is 28.6 Å². The minimum atomic E-state index is -0.820. The molecule has 0 rings (SSSR count). The molecule has 0 aromatic carbocycles. The number of hydrogen-bond donors (Lipinski definition) is 0. The lowest BCUT2D eigenvalue weighted by atomic mass is 10.1. The largest absolute Gasteiger partial charge is 0.462 e. The van der Waals surface area contributed by atoms with Gasteiger partial charge in [0.1, 0.15) is 13.2 Å². The summed E-state index contributed by atoms with van der Waals surface area (Å²) in [6, 6.07) is 0. The first-order valence-electron chi connectivity index (χ1n) is 28.1. The first-order valence-corrected chi connectivity index (χ1v) is 28.1. The van der Waals surface area contributed by atoms with Gasteiger partial charge in [-0.3, -0.25) is 14.4 Å². The van der Waals surface area contributed by atoms with E-state index in [1.165, 1.54) is 154 Å². The van der Waals surface area contributed by atoms with Gasteiger partial charge in [-0.25, -0.2) is 0 Å². The summed E-state index contributed by atoms with van der Waals surface area (Å²) in [7, 11) is 0. The van der Waals surface area contributed by atoms with Crippen molar-refractivity contribution in [1.82, 2.24) is 0 Å². The molecular formula is C61H104O6. The van der Waals surface area contributed by atoms with Crippen LogP contribution >= 0.6 is 0 Å². The molecule has 0 aliphatic heterocycles. The van der Waals surface area contributed by atoms with Crippen LogP contribution < -0.4 is 0 Å². The molecule has 0 radical (unpaired) electrons. The molecule has 0 spiro atoms. The molecule has 0 amide bonds. The zero-order chi connectivity index (χ0) is 48.6. The predicted molar refractivity (Wildman–Crippen MR) is 288 cm³/mol. The minimum Gasteiger partial charge on any atom is -0.462 e. The SMILES string of the molecule is CCCCC/C=C\C/C=C\C/C=C\C/C=C\C/C=C\CCC(=O)OC(COC(=O)CCCCCCCCC/C=C\CCCCCC)COC(=O)CCCCCCCCC/C=C\CCCCCC. The summed E-state index contributed by atoms with van der Waals surface area (Å²) in [6.45, 7) is 6.52. The zero-order valence-corrected chi connectivity index (χ0v) is 43.9. The molecule has 0 saturated carbocycles. The van der Waals surface area contributed by atoms with Crippen LogP contribution in [0.1, 0.15) is 265 Å². The van der Waals surface area contributed by atoms with Gasteiger partial charge in [0.25, 0.3) is 0 Å². The highest BCUT2D eigenvalue weighted by atomic mass is 16.6. The van der Waals surface area contributed by atoms with Crippen LogP contribution in [0.4, 0.5) is 0 Å². The molecular weight excluding hydrogens is 829 g/mol. The van der Waals surface area contributed by atoms with E-state index in [2.05, 4.69) is 99.8 Å². The topological polar surface area (TPSA) is 78.9 Å². The summed E-state index contributed by atoms with van der Waals surface area (Å²) in [5, 5.41) is 0. The Bertz CT molecular complexity index is 1250. The van der Waals surface area contributed by atoms with Crippen molar-refractivity contribution in [1.29, 1.82) is 0 Å². The van der Waals surface area contributed by atoms with Crippen LogP contribution in [0.15, 0.2) is 85.1 Å². The van der Waals surface area contributed by atoms with E-state index in [1.807, 2.05) is 6.08 Å². The minimum absolute atomic E-state index is 0.109. The van der Waals surface area contributed by atoms with E-state index in [9.17, 15) is 14.4 Å². The maximum Gasteiger partial charge on any atom is 0.306 e. The number of rotatable bonds is 50. The fraction of sp³-hybridized carbons (Fsp3) is 0.721. The van der Waals surface area contributed by atoms with Crippen molar-refractivity contribution in [3.63, 3.8) is 0 Å². The van der Waals surface area contributed by atoms with Gasteiger partial charge in [0.15, 0.2) is 6.10 Å². The summed E-state index contributed by atoms with van der Waals surface area (Å²) < 4.78 is 16.8. The lowest BCUT2D eigenvalue weighted by Crippen LogP contribution is -2.30. The molecule has 6 nitrogen and oxygen atoms in total. The van der Waals surface area contributed by atoms with Crippen molar-refractivity contribution >= 4 is 17.9 Å². The molecule has 6 heteroatoms. The van der Waals surface area contributed by atoms with Gasteiger partial charge in [-0.1, -0.05) is 221 Å². The number of unbranched alkanes of at least 4 members (excludes halogenated alkanes) is 25. The van der Waals surface area contributed by atoms with Crippen molar-refractivity contribution < 1.29 is 28.6 Å². The fourth-order valence-corrected chi connectivity index (χ4v) is 7.59. The Morgan fingerprint density at radius 3 is 0.940 bits per heavy atom. The third-order valence-electron chi connectivity index (χ3n) is 11.9. The van der Waals surface area contributed by atoms with Crippen LogP contribution in [-0.4, -0.2) is 37.2 Å². The van der Waals surface area contributed by atoms with Gasteiger partial charge in [-0.05, 0) is 109 Å². The lowest BCUT2D eigenvalue weighted by Gasteiger charge is -2.18. The Kier molecular flexibility index (Phi) is 52.4. The zero-order valence-electron chi connectivity index (χ0n) is 43.9. The van der Waals surface area contributed by atoms with E-state index in [0.29, 0.717) is 19.3 Å². The number of carbonyl (C=O) groups is 3. The maximum absolute atomic E-state index is 12.8. The Morgan fingerprint density at radius 1 is 0.299 bits per heavy atom. The predicted octanol–water partition coefficient (Wildman–Crippen LogP) is 18.8. The summed E-state index contributed by atoms with van der Waals surface area (Å²) in [5.74, 6) is -0.998. The second-order valence-electron chi connectivity index (χ2n) is 18.5. The van der Waals surface area contributed by atoms with Gasteiger partial charge in [0, 0.05) is 19.3 Å². The quantitative estimate of drug-likeness (QED) is 0.0262. The van der Waals surface area contributed by atoms with Crippen molar-refractivity contribution in [3.8, 4) is 0 Å². The van der Waals surface area contributed by atoms with Crippen LogP contribution in [0.2, 0.25) is 0 Å². The fourth-order valence-electron chi connectivity index (χ4n) is 7.59. The third-order valence-corrected chi connectivity index (χ3v) is 11.9. The Balaban J connectivity index is 4.51. The highest BCUT2D eigenvalue weighted by molar-refractivity contribution is 5.71. The van der Waals surface area contributed by atoms with Crippen LogP contribution in [0.25, 0.3) is 0 Å². The normalized spacial score (nSPS) is 12.3. The first kappa shape index (κ1) is 63.6. The standard InChI is InChI=1S/C61H104O6/c1-4-7-10-13-16-19-22-25-28-29-30-31-34-37-40-43-46-49-52-55-61(64)67-58(56-65-59(62)53-50-47-44-41-38-35-32-26-23-20-17-14-11-8-5-2)57-66-60(63)54-51-48-45-42-39-36-33-27-24-21-18-15-12-9-6-3/h16,19-21,23-25,28,30-31,37,40,46,49,58H,4-15,17-18,22,26-27,29,32-36,38-39,41-45,47-48,50-57H2,1-3H3/b19-16-,23-20-,24-21-,28-25-,31-30-,40-37-,49-46-. The second-order valence-corrected chi connectivity index (χ2v) is 18.5. The number of hydrogen-bond acceptors (Lipinski definition) is 6. The number of allylic oxidation sites excluding steroid dienone is 14. The van der Waals surface area contributed by atoms with E-state index in [1.54, 1.807) is 0 Å².